The number of halogens is 1. The Kier molecular flexibility index (Phi) is 6.28. The largest absolute Gasteiger partial charge is 0.483 e. The molecule has 1 saturated heterocycles. The fourth-order valence-electron chi connectivity index (χ4n) is 6.88. The normalized spacial score (nSPS) is 25.1. The van der Waals surface area contributed by atoms with Gasteiger partial charge in [-0.15, -0.1) is 0 Å². The van der Waals surface area contributed by atoms with E-state index in [-0.39, 0.29) is 30.1 Å². The second kappa shape index (κ2) is 9.48. The quantitative estimate of drug-likeness (QED) is 0.457. The number of hydrogen-bond donors (Lipinski definition) is 1. The van der Waals surface area contributed by atoms with Crippen molar-refractivity contribution in [3.05, 3.63) is 74.1 Å². The van der Waals surface area contributed by atoms with Gasteiger partial charge in [0.1, 0.15) is 11.3 Å². The van der Waals surface area contributed by atoms with Crippen LogP contribution in [0.15, 0.2) is 45.6 Å². The summed E-state index contributed by atoms with van der Waals surface area (Å²) in [6, 6.07) is 11.2. The summed E-state index contributed by atoms with van der Waals surface area (Å²) in [7, 11) is 0. The molecule has 2 fully saturated rings. The van der Waals surface area contributed by atoms with Crippen molar-refractivity contribution in [1.82, 2.24) is 4.90 Å². The number of fused-ring (bicyclic) bond motifs is 4. The van der Waals surface area contributed by atoms with Crippen molar-refractivity contribution in [3.63, 3.8) is 0 Å². The maximum absolute atomic E-state index is 13.6. The second-order valence-corrected chi connectivity index (χ2v) is 11.3. The molecule has 0 unspecified atom stereocenters. The van der Waals surface area contributed by atoms with E-state index in [2.05, 4.69) is 0 Å². The molecule has 7 heteroatoms. The highest BCUT2D eigenvalue weighted by atomic mass is 35.5. The van der Waals surface area contributed by atoms with E-state index in [0.717, 1.165) is 72.6 Å². The van der Waals surface area contributed by atoms with Gasteiger partial charge in [0, 0.05) is 34.0 Å². The SMILES string of the molecule is Cc1c(OCC(=O)N2CC[C@@]3(O)CCCC[C@@H]3[C@@H]2c2ccc(Cl)cc2)ccc2c3c(c(=O)oc12)CCC3. The van der Waals surface area contributed by atoms with E-state index >= 15 is 0 Å². The van der Waals surface area contributed by atoms with Gasteiger partial charge < -0.3 is 19.2 Å². The first-order chi connectivity index (χ1) is 17.9. The first-order valence-electron chi connectivity index (χ1n) is 13.3. The molecule has 1 aliphatic heterocycles. The number of nitrogens with zero attached hydrogens (tertiary/aromatic N) is 1. The third-order valence-electron chi connectivity index (χ3n) is 8.79. The number of rotatable bonds is 4. The van der Waals surface area contributed by atoms with Gasteiger partial charge in [-0.1, -0.05) is 36.6 Å². The van der Waals surface area contributed by atoms with Crippen LogP contribution in [0.25, 0.3) is 11.0 Å². The molecule has 2 aromatic carbocycles. The predicted octanol–water partition coefficient (Wildman–Crippen LogP) is 5.52. The fourth-order valence-corrected chi connectivity index (χ4v) is 7.00. The van der Waals surface area contributed by atoms with Gasteiger partial charge in [0.15, 0.2) is 6.61 Å². The molecular weight excluding hydrogens is 490 g/mol. The summed E-state index contributed by atoms with van der Waals surface area (Å²) in [5.41, 5.74) is 3.10. The first kappa shape index (κ1) is 24.5. The summed E-state index contributed by atoms with van der Waals surface area (Å²) < 4.78 is 11.7. The number of ether oxygens (including phenoxy) is 1. The van der Waals surface area contributed by atoms with Gasteiger partial charge in [0.25, 0.3) is 5.91 Å². The molecule has 3 atom stereocenters. The zero-order valence-corrected chi connectivity index (χ0v) is 21.9. The van der Waals surface area contributed by atoms with Crippen molar-refractivity contribution in [2.75, 3.05) is 13.2 Å². The Morgan fingerprint density at radius 3 is 2.70 bits per heavy atom. The average Bonchev–Trinajstić information content (AvgIpc) is 3.39. The number of benzene rings is 2. The molecule has 37 heavy (non-hydrogen) atoms. The van der Waals surface area contributed by atoms with Crippen LogP contribution in [-0.4, -0.2) is 34.7 Å². The molecule has 1 N–H and O–H groups in total. The molecule has 1 saturated carbocycles. The van der Waals surface area contributed by atoms with Crippen LogP contribution in [0, 0.1) is 12.8 Å². The Labute approximate surface area is 221 Å². The van der Waals surface area contributed by atoms with E-state index in [9.17, 15) is 14.7 Å². The van der Waals surface area contributed by atoms with E-state index in [1.807, 2.05) is 48.2 Å². The highest BCUT2D eigenvalue weighted by Crippen LogP contribution is 2.49. The van der Waals surface area contributed by atoms with E-state index < -0.39 is 5.60 Å². The van der Waals surface area contributed by atoms with Crippen LogP contribution in [0.5, 0.6) is 5.75 Å². The minimum atomic E-state index is -0.757. The predicted molar refractivity (Wildman–Crippen MR) is 142 cm³/mol. The van der Waals surface area contributed by atoms with Crippen molar-refractivity contribution in [1.29, 1.82) is 0 Å². The summed E-state index contributed by atoms with van der Waals surface area (Å²) in [5.74, 6) is 0.387. The number of carbonyl (C=O) groups excluding carboxylic acids is 1. The number of amides is 1. The van der Waals surface area contributed by atoms with Gasteiger partial charge in [0.2, 0.25) is 0 Å². The lowest BCUT2D eigenvalue weighted by atomic mass is 9.66. The molecule has 2 aliphatic carbocycles. The molecule has 0 spiro atoms. The summed E-state index contributed by atoms with van der Waals surface area (Å²) in [6.45, 7) is 2.21. The molecule has 0 radical (unpaired) electrons. The van der Waals surface area contributed by atoms with Crippen molar-refractivity contribution in [2.45, 2.75) is 69.9 Å². The molecule has 3 aromatic rings. The zero-order valence-electron chi connectivity index (χ0n) is 21.1. The zero-order chi connectivity index (χ0) is 25.7. The van der Waals surface area contributed by atoms with E-state index in [4.69, 9.17) is 20.8 Å². The second-order valence-electron chi connectivity index (χ2n) is 10.8. The minimum absolute atomic E-state index is 0.0288. The number of hydrogen-bond acceptors (Lipinski definition) is 5. The van der Waals surface area contributed by atoms with Crippen LogP contribution < -0.4 is 10.4 Å². The van der Waals surface area contributed by atoms with Crippen LogP contribution >= 0.6 is 11.6 Å². The average molecular weight is 522 g/mol. The molecule has 194 valence electrons. The lowest BCUT2D eigenvalue weighted by Gasteiger charge is -2.52. The van der Waals surface area contributed by atoms with E-state index in [0.29, 0.717) is 29.3 Å². The smallest absolute Gasteiger partial charge is 0.339 e. The first-order valence-corrected chi connectivity index (χ1v) is 13.7. The van der Waals surface area contributed by atoms with Gasteiger partial charge in [0.05, 0.1) is 11.6 Å². The highest BCUT2D eigenvalue weighted by molar-refractivity contribution is 6.30. The topological polar surface area (TPSA) is 80.0 Å². The fraction of sp³-hybridized carbons (Fsp3) is 0.467. The summed E-state index contributed by atoms with van der Waals surface area (Å²) in [6.07, 6.45) is 6.88. The van der Waals surface area contributed by atoms with Gasteiger partial charge in [-0.3, -0.25) is 4.79 Å². The van der Waals surface area contributed by atoms with Gasteiger partial charge in [-0.05, 0) is 80.8 Å². The maximum Gasteiger partial charge on any atom is 0.339 e. The third kappa shape index (κ3) is 4.24. The monoisotopic (exact) mass is 521 g/mol. The Balaban J connectivity index is 1.27. The molecule has 6 nitrogen and oxygen atoms in total. The summed E-state index contributed by atoms with van der Waals surface area (Å²) in [4.78, 5) is 28.0. The van der Waals surface area contributed by atoms with Crippen LogP contribution in [-0.2, 0) is 17.6 Å². The summed E-state index contributed by atoms with van der Waals surface area (Å²) in [5, 5.41) is 13.1. The lowest BCUT2D eigenvalue weighted by molar-refractivity contribution is -0.157. The molecule has 6 rings (SSSR count). The van der Waals surface area contributed by atoms with Crippen molar-refractivity contribution in [3.8, 4) is 5.75 Å². The van der Waals surface area contributed by atoms with Gasteiger partial charge in [-0.2, -0.15) is 0 Å². The van der Waals surface area contributed by atoms with Gasteiger partial charge in [-0.25, -0.2) is 4.79 Å². The number of carbonyl (C=O) groups is 1. The molecule has 2 heterocycles. The molecule has 0 bridgehead atoms. The van der Waals surface area contributed by atoms with Crippen LogP contribution in [0.4, 0.5) is 0 Å². The van der Waals surface area contributed by atoms with Crippen molar-refractivity contribution >= 4 is 28.5 Å². The van der Waals surface area contributed by atoms with Crippen molar-refractivity contribution in [2.24, 2.45) is 5.92 Å². The van der Waals surface area contributed by atoms with E-state index in [1.54, 1.807) is 0 Å². The molecule has 1 amide bonds. The maximum atomic E-state index is 13.6. The van der Waals surface area contributed by atoms with Gasteiger partial charge >= 0.3 is 5.63 Å². The Bertz CT molecular complexity index is 1410. The van der Waals surface area contributed by atoms with Crippen molar-refractivity contribution < 1.29 is 19.1 Å². The molecule has 1 aromatic heterocycles. The van der Waals surface area contributed by atoms with E-state index in [1.165, 1.54) is 0 Å². The van der Waals surface area contributed by atoms with Crippen LogP contribution in [0.1, 0.15) is 66.8 Å². The number of likely N-dealkylation sites (tertiary alicyclic amines) is 1. The standard InChI is InChI=1S/C30H32ClNO5/c1-18-25(13-12-22-21-5-4-6-23(21)29(34)37-28(18)22)36-17-26(33)32-16-15-30(35)14-3-2-7-24(30)27(32)19-8-10-20(31)11-9-19/h8-13,24,27,35H,2-7,14-17H2,1H3/t24-,27+,30+/m1/s1. The van der Waals surface area contributed by atoms with Crippen LogP contribution in [0.2, 0.25) is 5.02 Å². The Morgan fingerprint density at radius 2 is 1.89 bits per heavy atom. The highest BCUT2D eigenvalue weighted by Gasteiger charge is 2.50. The van der Waals surface area contributed by atoms with Crippen LogP contribution in [0.3, 0.4) is 0 Å². The number of aliphatic hydroxyl groups is 1. The number of aryl methyl sites for hydroxylation is 2. The minimum Gasteiger partial charge on any atom is -0.483 e. The summed E-state index contributed by atoms with van der Waals surface area (Å²) >= 11 is 6.15. The molecular formula is C30H32ClNO5. The molecule has 3 aliphatic rings. The number of piperidine rings is 1. The Hall–Kier alpha value is -2.83. The third-order valence-corrected chi connectivity index (χ3v) is 9.04. The lowest BCUT2D eigenvalue weighted by Crippen LogP contribution is -2.56. The Morgan fingerprint density at radius 1 is 1.11 bits per heavy atom.